The number of aryl methyl sites for hydroxylation is 1. The van der Waals surface area contributed by atoms with Crippen LogP contribution >= 0.6 is 27.5 Å². The third-order valence-corrected chi connectivity index (χ3v) is 9.77. The summed E-state index contributed by atoms with van der Waals surface area (Å²) in [4.78, 5) is 25.6. The van der Waals surface area contributed by atoms with Crippen LogP contribution in [0, 0.1) is 5.41 Å². The van der Waals surface area contributed by atoms with Gasteiger partial charge in [0.15, 0.2) is 0 Å². The van der Waals surface area contributed by atoms with Gasteiger partial charge < -0.3 is 24.6 Å². The number of aromatic nitrogens is 2. The highest BCUT2D eigenvalue weighted by molar-refractivity contribution is 9.10. The zero-order valence-electron chi connectivity index (χ0n) is 26.7. The quantitative estimate of drug-likeness (QED) is 0.162. The number of nitrogens with zero attached hydrogens (tertiary/aromatic N) is 3. The van der Waals surface area contributed by atoms with Gasteiger partial charge in [-0.15, -0.1) is 0 Å². The molecule has 0 saturated heterocycles. The molecule has 1 atom stereocenters. The molecule has 1 aliphatic carbocycles. The predicted molar refractivity (Wildman–Crippen MR) is 186 cm³/mol. The van der Waals surface area contributed by atoms with Gasteiger partial charge in [0.1, 0.15) is 11.9 Å². The maximum atomic E-state index is 11.6. The van der Waals surface area contributed by atoms with Crippen molar-refractivity contribution in [1.29, 1.82) is 0 Å². The molecule has 0 radical (unpaired) electrons. The molecule has 2 aromatic heterocycles. The molecule has 0 spiro atoms. The number of benzene rings is 2. The fourth-order valence-electron chi connectivity index (χ4n) is 6.05. The SMILES string of the molecule is COc1nc(O[C@H]2CCc3c(-c4cccc(-c5ccc(C6=NCCN6)c(OC)n5)c4Cl)cccc32)c(Br)cc1CCC(C)(C)C(=O)O. The van der Waals surface area contributed by atoms with Crippen LogP contribution in [0.3, 0.4) is 0 Å². The molecule has 6 rings (SSSR count). The van der Waals surface area contributed by atoms with Crippen molar-refractivity contribution in [3.05, 3.63) is 86.3 Å². The van der Waals surface area contributed by atoms with Crippen LogP contribution < -0.4 is 19.5 Å². The zero-order valence-corrected chi connectivity index (χ0v) is 29.0. The average molecular weight is 720 g/mol. The number of carboxylic acids is 1. The van der Waals surface area contributed by atoms with E-state index in [1.54, 1.807) is 28.1 Å². The monoisotopic (exact) mass is 718 g/mol. The minimum absolute atomic E-state index is 0.220. The second-order valence-corrected chi connectivity index (χ2v) is 13.5. The van der Waals surface area contributed by atoms with Crippen LogP contribution in [0.15, 0.2) is 64.1 Å². The summed E-state index contributed by atoms with van der Waals surface area (Å²) in [6.45, 7) is 4.95. The summed E-state index contributed by atoms with van der Waals surface area (Å²) in [7, 11) is 3.17. The van der Waals surface area contributed by atoms with Crippen molar-refractivity contribution in [1.82, 2.24) is 15.3 Å². The lowest BCUT2D eigenvalue weighted by Crippen LogP contribution is -2.24. The number of hydrogen-bond donors (Lipinski definition) is 2. The van der Waals surface area contributed by atoms with Crippen molar-refractivity contribution >= 4 is 39.3 Å². The van der Waals surface area contributed by atoms with E-state index < -0.39 is 11.4 Å². The molecule has 3 heterocycles. The lowest BCUT2D eigenvalue weighted by atomic mass is 9.86. The number of nitrogens with one attached hydrogen (secondary N) is 1. The minimum Gasteiger partial charge on any atom is -0.481 e. The van der Waals surface area contributed by atoms with Gasteiger partial charge in [-0.1, -0.05) is 48.0 Å². The Bertz CT molecular complexity index is 1880. The largest absolute Gasteiger partial charge is 0.481 e. The van der Waals surface area contributed by atoms with Gasteiger partial charge in [-0.3, -0.25) is 9.79 Å². The molecule has 1 aliphatic heterocycles. The summed E-state index contributed by atoms with van der Waals surface area (Å²) in [5, 5.41) is 13.4. The Morgan fingerprint density at radius 2 is 1.74 bits per heavy atom. The molecule has 2 N–H and O–H groups in total. The van der Waals surface area contributed by atoms with Crippen LogP contribution in [0.2, 0.25) is 5.02 Å². The number of ether oxygens (including phenoxy) is 3. The van der Waals surface area contributed by atoms with Gasteiger partial charge in [0.2, 0.25) is 17.6 Å². The molecule has 2 aliphatic rings. The van der Waals surface area contributed by atoms with Crippen LogP contribution in [0.25, 0.3) is 22.4 Å². The highest BCUT2D eigenvalue weighted by Gasteiger charge is 2.30. The predicted octanol–water partition coefficient (Wildman–Crippen LogP) is 7.70. The summed E-state index contributed by atoms with van der Waals surface area (Å²) in [6, 6.07) is 18.0. The van der Waals surface area contributed by atoms with E-state index in [-0.39, 0.29) is 6.10 Å². The second-order valence-electron chi connectivity index (χ2n) is 12.2. The maximum Gasteiger partial charge on any atom is 0.309 e. The fourth-order valence-corrected chi connectivity index (χ4v) is 6.84. The summed E-state index contributed by atoms with van der Waals surface area (Å²) in [5.74, 6) is 1.29. The number of aliphatic imine (C=N–C) groups is 1. The second kappa shape index (κ2) is 13.5. The molecular weight excluding hydrogens is 684 g/mol. The molecule has 9 nitrogen and oxygen atoms in total. The molecular formula is C36H36BrClN4O5. The smallest absolute Gasteiger partial charge is 0.309 e. The molecule has 11 heteroatoms. The first-order valence-corrected chi connectivity index (χ1v) is 16.7. The normalized spacial score (nSPS) is 15.5. The third-order valence-electron chi connectivity index (χ3n) is 8.79. The summed E-state index contributed by atoms with van der Waals surface area (Å²) >= 11 is 10.8. The molecule has 2 aromatic carbocycles. The Balaban J connectivity index is 1.27. The van der Waals surface area contributed by atoms with Gasteiger partial charge >= 0.3 is 5.97 Å². The lowest BCUT2D eigenvalue weighted by Gasteiger charge is -2.21. The summed E-state index contributed by atoms with van der Waals surface area (Å²) in [5.41, 5.74) is 6.53. The number of hydrogen-bond acceptors (Lipinski definition) is 8. The topological polar surface area (TPSA) is 115 Å². The first-order chi connectivity index (χ1) is 22.6. The zero-order chi connectivity index (χ0) is 33.3. The lowest BCUT2D eigenvalue weighted by molar-refractivity contribution is -0.147. The van der Waals surface area contributed by atoms with Crippen LogP contribution in [-0.2, 0) is 17.6 Å². The highest BCUT2D eigenvalue weighted by atomic mass is 79.9. The van der Waals surface area contributed by atoms with E-state index in [9.17, 15) is 9.90 Å². The average Bonchev–Trinajstić information content (AvgIpc) is 3.75. The maximum absolute atomic E-state index is 11.6. The van der Waals surface area contributed by atoms with E-state index in [0.29, 0.717) is 45.7 Å². The van der Waals surface area contributed by atoms with Crippen LogP contribution in [-0.4, -0.2) is 54.2 Å². The van der Waals surface area contributed by atoms with Gasteiger partial charge in [0.25, 0.3) is 0 Å². The molecule has 244 valence electrons. The number of pyridine rings is 2. The third kappa shape index (κ3) is 6.53. The minimum atomic E-state index is -0.864. The Hall–Kier alpha value is -4.15. The van der Waals surface area contributed by atoms with Crippen LogP contribution in [0.4, 0.5) is 0 Å². The number of halogens is 2. The Labute approximate surface area is 287 Å². The number of fused-ring (bicyclic) bond motifs is 1. The van der Waals surface area contributed by atoms with Crippen molar-refractivity contribution in [3.63, 3.8) is 0 Å². The van der Waals surface area contributed by atoms with E-state index in [4.69, 9.17) is 30.8 Å². The molecule has 0 saturated carbocycles. The van der Waals surface area contributed by atoms with Crippen LogP contribution in [0.5, 0.6) is 17.6 Å². The van der Waals surface area contributed by atoms with E-state index in [1.165, 1.54) is 5.56 Å². The van der Waals surface area contributed by atoms with Gasteiger partial charge in [0.05, 0.1) is 46.9 Å². The summed E-state index contributed by atoms with van der Waals surface area (Å²) < 4.78 is 18.4. The number of rotatable bonds is 11. The number of amidine groups is 1. The van der Waals surface area contributed by atoms with Gasteiger partial charge in [-0.25, -0.2) is 4.98 Å². The molecule has 0 fully saturated rings. The molecule has 47 heavy (non-hydrogen) atoms. The van der Waals surface area contributed by atoms with Crippen molar-refractivity contribution < 1.29 is 24.1 Å². The standard InChI is InChI=1S/C36H36BrClN4O5/c1-36(2,35(43)44)16-15-20-19-27(37)34(42-32(20)45-3)47-29-14-12-22-21(7-5-8-23(22)29)24-9-6-10-25(30(24)38)28-13-11-26(33(41-28)46-4)31-39-17-18-40-31/h5-11,13,19,29H,12,14-18H2,1-4H3,(H,39,40)(H,43,44)/t29-/m0/s1. The first kappa shape index (κ1) is 32.8. The van der Waals surface area contributed by atoms with Crippen LogP contribution in [0.1, 0.15) is 55.0 Å². The fraction of sp³-hybridized carbons (Fsp3) is 0.333. The Morgan fingerprint density at radius 3 is 2.47 bits per heavy atom. The van der Waals surface area contributed by atoms with Gasteiger partial charge in [-0.2, -0.15) is 4.98 Å². The van der Waals surface area contributed by atoms with E-state index in [0.717, 1.165) is 65.1 Å². The van der Waals surface area contributed by atoms with Crippen molar-refractivity contribution in [3.8, 4) is 40.0 Å². The molecule has 0 amide bonds. The van der Waals surface area contributed by atoms with Gasteiger partial charge in [0, 0.05) is 23.2 Å². The van der Waals surface area contributed by atoms with Crippen molar-refractivity contribution in [2.75, 3.05) is 27.3 Å². The Kier molecular flexibility index (Phi) is 9.43. The van der Waals surface area contributed by atoms with E-state index in [2.05, 4.69) is 43.4 Å². The number of carbonyl (C=O) groups is 1. The molecule has 0 bridgehead atoms. The number of aliphatic carboxylic acids is 1. The van der Waals surface area contributed by atoms with E-state index in [1.807, 2.05) is 42.5 Å². The summed E-state index contributed by atoms with van der Waals surface area (Å²) in [6.07, 6.45) is 2.31. The highest BCUT2D eigenvalue weighted by Crippen LogP contribution is 2.45. The molecule has 0 unspecified atom stereocenters. The van der Waals surface area contributed by atoms with E-state index >= 15 is 0 Å². The van der Waals surface area contributed by atoms with Crippen molar-refractivity contribution in [2.45, 2.75) is 45.6 Å². The first-order valence-electron chi connectivity index (χ1n) is 15.5. The Morgan fingerprint density at radius 1 is 1.00 bits per heavy atom. The van der Waals surface area contributed by atoms with Gasteiger partial charge in [-0.05, 0) is 90.4 Å². The number of carboxylic acid groups (broad SMARTS) is 1. The molecule has 4 aromatic rings. The van der Waals surface area contributed by atoms with Crippen molar-refractivity contribution in [2.24, 2.45) is 10.4 Å². The number of methoxy groups -OCH3 is 2.